The quantitative estimate of drug-likeness (QED) is 0.663. The number of nitrogens with one attached hydrogen (secondary N) is 2. The summed E-state index contributed by atoms with van der Waals surface area (Å²) in [5, 5.41) is -0.258. The number of fused-ring (bicyclic) bond motifs is 1. The third-order valence-electron chi connectivity index (χ3n) is 3.70. The van der Waals surface area contributed by atoms with Gasteiger partial charge in [0.2, 0.25) is 5.16 Å². The molecule has 0 radical (unpaired) electrons. The molecule has 2 N–H and O–H groups in total. The highest BCUT2D eigenvalue weighted by Gasteiger charge is 2.29. The van der Waals surface area contributed by atoms with Crippen LogP contribution in [0.5, 0.6) is 5.75 Å². The molecule has 2 aromatic heterocycles. The Morgan fingerprint density at radius 1 is 1.22 bits per heavy atom. The minimum Gasteiger partial charge on any atom is -0.484 e. The molecule has 1 aromatic carbocycles. The molecule has 0 saturated heterocycles. The molecule has 11 heteroatoms. The summed E-state index contributed by atoms with van der Waals surface area (Å²) in [5.74, 6) is -0.0136. The summed E-state index contributed by atoms with van der Waals surface area (Å²) in [6.45, 7) is -0.167. The molecule has 3 rings (SSSR count). The lowest BCUT2D eigenvalue weighted by atomic mass is 10.2. The van der Waals surface area contributed by atoms with Crippen molar-refractivity contribution in [2.24, 2.45) is 0 Å². The fourth-order valence-corrected chi connectivity index (χ4v) is 3.27. The Morgan fingerprint density at radius 2 is 1.96 bits per heavy atom. The number of alkyl halides is 3. The molecule has 0 bridgehead atoms. The van der Waals surface area contributed by atoms with E-state index >= 15 is 0 Å². The molecule has 3 aromatic rings. The summed E-state index contributed by atoms with van der Waals surface area (Å²) in [6, 6.07) is 8.11. The van der Waals surface area contributed by atoms with Crippen LogP contribution in [0.4, 0.5) is 13.2 Å². The van der Waals surface area contributed by atoms with E-state index < -0.39 is 22.8 Å². The van der Waals surface area contributed by atoms with Crippen LogP contribution in [-0.4, -0.2) is 36.2 Å². The van der Waals surface area contributed by atoms with Crippen molar-refractivity contribution in [3.05, 3.63) is 47.8 Å². The van der Waals surface area contributed by atoms with Crippen LogP contribution in [0.1, 0.15) is 11.3 Å². The monoisotopic (exact) mass is 400 g/mol. The van der Waals surface area contributed by atoms with Crippen molar-refractivity contribution < 1.29 is 26.3 Å². The van der Waals surface area contributed by atoms with Crippen molar-refractivity contribution >= 4 is 21.1 Å². The van der Waals surface area contributed by atoms with Gasteiger partial charge in [0, 0.05) is 11.8 Å². The fraction of sp³-hybridized carbons (Fsp3) is 0.250. The predicted octanol–water partition coefficient (Wildman–Crippen LogP) is 2.69. The molecule has 7 nitrogen and oxygen atoms in total. The largest absolute Gasteiger partial charge is 0.484 e. The second-order valence-corrected chi connectivity index (χ2v) is 7.35. The number of nitrogens with zero attached hydrogens (tertiary/aromatic N) is 2. The predicted molar refractivity (Wildman–Crippen MR) is 90.6 cm³/mol. The molecule has 27 heavy (non-hydrogen) atoms. The van der Waals surface area contributed by atoms with Gasteiger partial charge in [-0.15, -0.1) is 0 Å². The van der Waals surface area contributed by atoms with Gasteiger partial charge in [-0.2, -0.15) is 13.2 Å². The van der Waals surface area contributed by atoms with Crippen molar-refractivity contribution in [2.45, 2.75) is 24.8 Å². The van der Waals surface area contributed by atoms with Crippen LogP contribution in [0.25, 0.3) is 11.0 Å². The number of H-pyrrole nitrogens is 1. The van der Waals surface area contributed by atoms with E-state index in [-0.39, 0.29) is 23.1 Å². The number of pyridine rings is 1. The SMILES string of the molecule is Cc1c(OCC(F)(F)F)ccnc1CNS(=O)(=O)c1nc2ccccc2[nH]1. The van der Waals surface area contributed by atoms with Crippen molar-refractivity contribution in [1.82, 2.24) is 19.7 Å². The Kier molecular flexibility index (Phi) is 5.07. The molecule has 0 atom stereocenters. The highest BCUT2D eigenvalue weighted by atomic mass is 32.2. The summed E-state index contributed by atoms with van der Waals surface area (Å²) in [6.07, 6.45) is -3.22. The first-order valence-electron chi connectivity index (χ1n) is 7.74. The highest BCUT2D eigenvalue weighted by Crippen LogP contribution is 2.23. The molecule has 0 fully saturated rings. The molecule has 0 spiro atoms. The van der Waals surface area contributed by atoms with E-state index in [1.54, 1.807) is 24.3 Å². The number of hydrogen-bond donors (Lipinski definition) is 2. The normalized spacial score (nSPS) is 12.4. The average Bonchev–Trinajstić information content (AvgIpc) is 3.04. The molecule has 0 aliphatic carbocycles. The van der Waals surface area contributed by atoms with E-state index in [0.29, 0.717) is 16.6 Å². The smallest absolute Gasteiger partial charge is 0.422 e. The zero-order chi connectivity index (χ0) is 19.7. The average molecular weight is 400 g/mol. The van der Waals surface area contributed by atoms with E-state index in [0.717, 1.165) is 0 Å². The third-order valence-corrected chi connectivity index (χ3v) is 4.93. The minimum atomic E-state index is -4.47. The van der Waals surface area contributed by atoms with Gasteiger partial charge in [0.1, 0.15) is 5.75 Å². The topological polar surface area (TPSA) is 97.0 Å². The van der Waals surface area contributed by atoms with Gasteiger partial charge < -0.3 is 9.72 Å². The maximum absolute atomic E-state index is 12.4. The van der Waals surface area contributed by atoms with E-state index in [4.69, 9.17) is 4.74 Å². The molecule has 0 aliphatic heterocycles. The van der Waals surface area contributed by atoms with Gasteiger partial charge >= 0.3 is 6.18 Å². The van der Waals surface area contributed by atoms with Crippen LogP contribution in [0.3, 0.4) is 0 Å². The van der Waals surface area contributed by atoms with Crippen LogP contribution >= 0.6 is 0 Å². The summed E-state index contributed by atoms with van der Waals surface area (Å²) >= 11 is 0. The highest BCUT2D eigenvalue weighted by molar-refractivity contribution is 7.89. The number of benzene rings is 1. The Morgan fingerprint density at radius 3 is 2.67 bits per heavy atom. The lowest BCUT2D eigenvalue weighted by molar-refractivity contribution is -0.153. The van der Waals surface area contributed by atoms with Gasteiger partial charge in [0.05, 0.1) is 23.3 Å². The van der Waals surface area contributed by atoms with E-state index in [1.807, 2.05) is 0 Å². The molecule has 144 valence electrons. The Labute approximate surface area is 152 Å². The molecule has 0 unspecified atom stereocenters. The number of aromatic nitrogens is 3. The molecule has 0 amide bonds. The number of aromatic amines is 1. The summed E-state index contributed by atoms with van der Waals surface area (Å²) < 4.78 is 68.8. The van der Waals surface area contributed by atoms with Crippen molar-refractivity contribution in [1.29, 1.82) is 0 Å². The van der Waals surface area contributed by atoms with E-state index in [9.17, 15) is 21.6 Å². The maximum Gasteiger partial charge on any atom is 0.422 e. The van der Waals surface area contributed by atoms with Crippen molar-refractivity contribution in [3.63, 3.8) is 0 Å². The maximum atomic E-state index is 12.4. The van der Waals surface area contributed by atoms with Crippen LogP contribution < -0.4 is 9.46 Å². The first-order valence-corrected chi connectivity index (χ1v) is 9.22. The summed E-state index contributed by atoms with van der Waals surface area (Å²) in [4.78, 5) is 10.7. The lowest BCUT2D eigenvalue weighted by Gasteiger charge is -2.13. The van der Waals surface area contributed by atoms with Gasteiger partial charge in [-0.25, -0.2) is 18.1 Å². The van der Waals surface area contributed by atoms with Gasteiger partial charge in [-0.3, -0.25) is 4.98 Å². The first-order chi connectivity index (χ1) is 12.7. The van der Waals surface area contributed by atoms with Crippen LogP contribution in [0.2, 0.25) is 0 Å². The van der Waals surface area contributed by atoms with Crippen LogP contribution in [-0.2, 0) is 16.6 Å². The zero-order valence-corrected chi connectivity index (χ0v) is 14.9. The second kappa shape index (κ2) is 7.16. The molecule has 2 heterocycles. The number of imidazole rings is 1. The number of sulfonamides is 1. The fourth-order valence-electron chi connectivity index (χ4n) is 2.34. The van der Waals surface area contributed by atoms with Crippen molar-refractivity contribution in [3.8, 4) is 5.75 Å². The van der Waals surface area contributed by atoms with Crippen LogP contribution in [0, 0.1) is 6.92 Å². The van der Waals surface area contributed by atoms with Gasteiger partial charge in [-0.1, -0.05) is 12.1 Å². The summed E-state index contributed by atoms with van der Waals surface area (Å²) in [5.41, 5.74) is 1.62. The molecule has 0 aliphatic rings. The Hall–Kier alpha value is -2.66. The molecular formula is C16H15F3N4O3S. The standard InChI is InChI=1S/C16H15F3N4O3S/c1-10-13(20-7-6-14(10)26-9-16(17,18)19)8-21-27(24,25)15-22-11-4-2-3-5-12(11)23-15/h2-7,21H,8-9H2,1H3,(H,22,23). The number of rotatable bonds is 6. The molecular weight excluding hydrogens is 385 g/mol. The van der Waals surface area contributed by atoms with Gasteiger partial charge in [0.15, 0.2) is 6.61 Å². The van der Waals surface area contributed by atoms with Crippen LogP contribution in [0.15, 0.2) is 41.7 Å². The lowest BCUT2D eigenvalue weighted by Crippen LogP contribution is -2.25. The minimum absolute atomic E-state index is 0.0136. The van der Waals surface area contributed by atoms with E-state index in [1.165, 1.54) is 19.2 Å². The van der Waals surface area contributed by atoms with Gasteiger partial charge in [-0.05, 0) is 25.1 Å². The Balaban J connectivity index is 1.75. The van der Waals surface area contributed by atoms with Crippen molar-refractivity contribution in [2.75, 3.05) is 6.61 Å². The molecule has 0 saturated carbocycles. The number of para-hydroxylation sites is 2. The van der Waals surface area contributed by atoms with E-state index in [2.05, 4.69) is 19.7 Å². The van der Waals surface area contributed by atoms with Gasteiger partial charge in [0.25, 0.3) is 10.0 Å². The number of halogens is 3. The Bertz CT molecular complexity index is 1030. The summed E-state index contributed by atoms with van der Waals surface area (Å²) in [7, 11) is -3.96. The second-order valence-electron chi connectivity index (χ2n) is 5.67. The number of hydrogen-bond acceptors (Lipinski definition) is 5. The first kappa shape index (κ1) is 19.1. The number of ether oxygens (including phenoxy) is 1. The third kappa shape index (κ3) is 4.55. The zero-order valence-electron chi connectivity index (χ0n) is 14.0.